The molecule has 2 N–H and O–H groups in total. The van der Waals surface area contributed by atoms with Crippen molar-refractivity contribution in [2.24, 2.45) is 11.8 Å². The summed E-state index contributed by atoms with van der Waals surface area (Å²) in [6, 6.07) is 9.78. The summed E-state index contributed by atoms with van der Waals surface area (Å²) < 4.78 is 0. The molecule has 1 heterocycles. The van der Waals surface area contributed by atoms with Crippen molar-refractivity contribution in [2.75, 3.05) is 0 Å². The van der Waals surface area contributed by atoms with E-state index in [2.05, 4.69) is 10.3 Å². The lowest BCUT2D eigenvalue weighted by Crippen LogP contribution is -2.35. The lowest BCUT2D eigenvalue weighted by atomic mass is 9.81. The first-order valence-electron chi connectivity index (χ1n) is 7.98. The van der Waals surface area contributed by atoms with E-state index in [1.165, 1.54) is 0 Å². The third-order valence-electron chi connectivity index (χ3n) is 4.56. The van der Waals surface area contributed by atoms with Crippen LogP contribution in [0.3, 0.4) is 0 Å². The normalized spacial score (nSPS) is 21.0. The molecule has 23 heavy (non-hydrogen) atoms. The van der Waals surface area contributed by atoms with Crippen LogP contribution in [0.1, 0.15) is 31.2 Å². The first-order valence-corrected chi connectivity index (χ1v) is 7.98. The van der Waals surface area contributed by atoms with E-state index in [0.29, 0.717) is 19.4 Å². The van der Waals surface area contributed by atoms with Gasteiger partial charge in [0.05, 0.1) is 11.4 Å². The first kappa shape index (κ1) is 15.5. The van der Waals surface area contributed by atoms with Gasteiger partial charge in [-0.2, -0.15) is 0 Å². The van der Waals surface area contributed by atoms with E-state index < -0.39 is 11.9 Å². The molecule has 0 bridgehead atoms. The Morgan fingerprint density at radius 3 is 2.78 bits per heavy atom. The quantitative estimate of drug-likeness (QED) is 0.910. The minimum absolute atomic E-state index is 0.0520. The highest BCUT2D eigenvalue weighted by Gasteiger charge is 2.30. The molecule has 1 saturated carbocycles. The molecule has 1 fully saturated rings. The zero-order valence-corrected chi connectivity index (χ0v) is 12.9. The van der Waals surface area contributed by atoms with Crippen molar-refractivity contribution < 1.29 is 14.7 Å². The maximum Gasteiger partial charge on any atom is 0.306 e. The number of hydrogen-bond donors (Lipinski definition) is 2. The monoisotopic (exact) mass is 312 g/mol. The van der Waals surface area contributed by atoms with E-state index >= 15 is 0 Å². The number of para-hydroxylation sites is 1. The van der Waals surface area contributed by atoms with Crippen molar-refractivity contribution in [2.45, 2.75) is 32.2 Å². The predicted molar refractivity (Wildman–Crippen MR) is 86.7 cm³/mol. The molecular weight excluding hydrogens is 292 g/mol. The average Bonchev–Trinajstić information content (AvgIpc) is 2.59. The Morgan fingerprint density at radius 1 is 1.17 bits per heavy atom. The third kappa shape index (κ3) is 3.50. The Morgan fingerprint density at radius 2 is 1.96 bits per heavy atom. The molecule has 120 valence electrons. The van der Waals surface area contributed by atoms with Crippen molar-refractivity contribution in [1.29, 1.82) is 0 Å². The standard InChI is InChI=1S/C18H20N2O3/c21-17(13-5-2-6-14(10-13)18(22)23)20-11-15-7-1-4-12-8-3-9-19-16(12)15/h1,3-4,7-9,13-14H,2,5-6,10-11H2,(H,20,21)(H,22,23)/t13-,14-/m1/s1. The zero-order valence-electron chi connectivity index (χ0n) is 12.9. The molecule has 1 aromatic carbocycles. The van der Waals surface area contributed by atoms with Gasteiger partial charge < -0.3 is 10.4 Å². The molecule has 1 amide bonds. The number of aliphatic carboxylic acids is 1. The summed E-state index contributed by atoms with van der Waals surface area (Å²) in [6.07, 6.45) is 4.42. The number of benzene rings is 1. The van der Waals surface area contributed by atoms with Gasteiger partial charge in [0.1, 0.15) is 0 Å². The maximum absolute atomic E-state index is 12.4. The summed E-state index contributed by atoms with van der Waals surface area (Å²) in [5.41, 5.74) is 1.87. The van der Waals surface area contributed by atoms with Gasteiger partial charge in [-0.15, -0.1) is 0 Å². The van der Waals surface area contributed by atoms with Crippen LogP contribution in [0.2, 0.25) is 0 Å². The number of carbonyl (C=O) groups is 2. The summed E-state index contributed by atoms with van der Waals surface area (Å²) in [5, 5.41) is 13.1. The summed E-state index contributed by atoms with van der Waals surface area (Å²) in [7, 11) is 0. The highest BCUT2D eigenvalue weighted by atomic mass is 16.4. The number of amides is 1. The highest BCUT2D eigenvalue weighted by molar-refractivity contribution is 5.83. The fourth-order valence-electron chi connectivity index (χ4n) is 3.29. The first-order chi connectivity index (χ1) is 11.1. The van der Waals surface area contributed by atoms with E-state index in [9.17, 15) is 9.59 Å². The van der Waals surface area contributed by atoms with E-state index in [1.807, 2.05) is 30.3 Å². The zero-order chi connectivity index (χ0) is 16.2. The van der Waals surface area contributed by atoms with Crippen LogP contribution in [-0.4, -0.2) is 22.0 Å². The topological polar surface area (TPSA) is 79.3 Å². The van der Waals surface area contributed by atoms with Crippen LogP contribution in [0.4, 0.5) is 0 Å². The van der Waals surface area contributed by atoms with Crippen LogP contribution < -0.4 is 5.32 Å². The summed E-state index contributed by atoms with van der Waals surface area (Å²) >= 11 is 0. The van der Waals surface area contributed by atoms with E-state index in [0.717, 1.165) is 29.3 Å². The number of pyridine rings is 1. The van der Waals surface area contributed by atoms with Gasteiger partial charge in [-0.25, -0.2) is 0 Å². The molecule has 1 aromatic heterocycles. The highest BCUT2D eigenvalue weighted by Crippen LogP contribution is 2.29. The Hall–Kier alpha value is -2.43. The van der Waals surface area contributed by atoms with Crippen molar-refractivity contribution in [3.8, 4) is 0 Å². The number of carbonyl (C=O) groups excluding carboxylic acids is 1. The number of carboxylic acid groups (broad SMARTS) is 1. The summed E-state index contributed by atoms with van der Waals surface area (Å²) in [4.78, 5) is 27.8. The lowest BCUT2D eigenvalue weighted by molar-refractivity contribution is -0.144. The molecule has 3 rings (SSSR count). The molecule has 0 spiro atoms. The third-order valence-corrected chi connectivity index (χ3v) is 4.56. The average molecular weight is 312 g/mol. The fraction of sp³-hybridized carbons (Fsp3) is 0.389. The van der Waals surface area contributed by atoms with E-state index in [-0.39, 0.29) is 11.8 Å². The molecular formula is C18H20N2O3. The van der Waals surface area contributed by atoms with Crippen LogP contribution in [-0.2, 0) is 16.1 Å². The second-order valence-corrected chi connectivity index (χ2v) is 6.11. The second-order valence-electron chi connectivity index (χ2n) is 6.11. The second kappa shape index (κ2) is 6.77. The molecule has 1 aliphatic carbocycles. The predicted octanol–water partition coefficient (Wildman–Crippen LogP) is 2.74. The number of hydrogen-bond acceptors (Lipinski definition) is 3. The number of carboxylic acids is 1. The fourth-order valence-corrected chi connectivity index (χ4v) is 3.29. The number of fused-ring (bicyclic) bond motifs is 1. The maximum atomic E-state index is 12.4. The minimum Gasteiger partial charge on any atom is -0.481 e. The number of rotatable bonds is 4. The molecule has 0 saturated heterocycles. The van der Waals surface area contributed by atoms with Gasteiger partial charge >= 0.3 is 5.97 Å². The van der Waals surface area contributed by atoms with E-state index in [4.69, 9.17) is 5.11 Å². The van der Waals surface area contributed by atoms with Crippen LogP contribution >= 0.6 is 0 Å². The Bertz CT molecular complexity index is 724. The number of nitrogens with one attached hydrogen (secondary N) is 1. The molecule has 0 radical (unpaired) electrons. The largest absolute Gasteiger partial charge is 0.481 e. The van der Waals surface area contributed by atoms with Gasteiger partial charge in [-0.3, -0.25) is 14.6 Å². The molecule has 2 atom stereocenters. The smallest absolute Gasteiger partial charge is 0.306 e. The summed E-state index contributed by atoms with van der Waals surface area (Å²) in [6.45, 7) is 0.418. The van der Waals surface area contributed by atoms with E-state index in [1.54, 1.807) is 6.20 Å². The van der Waals surface area contributed by atoms with Crippen molar-refractivity contribution in [3.63, 3.8) is 0 Å². The van der Waals surface area contributed by atoms with Crippen LogP contribution in [0.25, 0.3) is 10.9 Å². The van der Waals surface area contributed by atoms with Crippen LogP contribution in [0.5, 0.6) is 0 Å². The van der Waals surface area contributed by atoms with Crippen molar-refractivity contribution in [3.05, 3.63) is 42.1 Å². The molecule has 5 nitrogen and oxygen atoms in total. The van der Waals surface area contributed by atoms with Gasteiger partial charge in [-0.05, 0) is 30.9 Å². The molecule has 0 unspecified atom stereocenters. The Balaban J connectivity index is 1.65. The number of nitrogens with zero attached hydrogens (tertiary/aromatic N) is 1. The Labute approximate surface area is 134 Å². The van der Waals surface area contributed by atoms with Gasteiger partial charge in [0.2, 0.25) is 5.91 Å². The minimum atomic E-state index is -0.791. The van der Waals surface area contributed by atoms with Gasteiger partial charge in [0.15, 0.2) is 0 Å². The Kier molecular flexibility index (Phi) is 4.55. The molecule has 5 heteroatoms. The van der Waals surface area contributed by atoms with Gasteiger partial charge in [0.25, 0.3) is 0 Å². The molecule has 1 aliphatic rings. The SMILES string of the molecule is O=C(O)[C@@H]1CCC[C@@H](C(=O)NCc2cccc3cccnc23)C1. The van der Waals surface area contributed by atoms with Crippen LogP contribution in [0.15, 0.2) is 36.5 Å². The van der Waals surface area contributed by atoms with Gasteiger partial charge in [0, 0.05) is 24.0 Å². The molecule has 2 aromatic rings. The number of aromatic nitrogens is 1. The van der Waals surface area contributed by atoms with Crippen molar-refractivity contribution in [1.82, 2.24) is 10.3 Å². The van der Waals surface area contributed by atoms with Crippen molar-refractivity contribution >= 4 is 22.8 Å². The molecule has 0 aliphatic heterocycles. The lowest BCUT2D eigenvalue weighted by Gasteiger charge is -2.25. The van der Waals surface area contributed by atoms with Crippen LogP contribution in [0, 0.1) is 11.8 Å². The summed E-state index contributed by atoms with van der Waals surface area (Å²) in [5.74, 6) is -1.43. The van der Waals surface area contributed by atoms with Gasteiger partial charge in [-0.1, -0.05) is 30.7 Å².